The molecule has 0 bridgehead atoms. The first kappa shape index (κ1) is 19.3. The second-order valence-corrected chi connectivity index (χ2v) is 6.15. The van der Waals surface area contributed by atoms with Crippen molar-refractivity contribution in [1.29, 1.82) is 0 Å². The molecule has 0 saturated carbocycles. The lowest BCUT2D eigenvalue weighted by molar-refractivity contribution is -0.118. The van der Waals surface area contributed by atoms with Crippen LogP contribution in [-0.2, 0) is 4.79 Å². The van der Waals surface area contributed by atoms with Gasteiger partial charge in [-0.15, -0.1) is 0 Å². The summed E-state index contributed by atoms with van der Waals surface area (Å²) in [5.41, 5.74) is 7.40. The van der Waals surface area contributed by atoms with Crippen molar-refractivity contribution in [2.45, 2.75) is 26.8 Å². The predicted octanol–water partition coefficient (Wildman–Crippen LogP) is 3.04. The van der Waals surface area contributed by atoms with E-state index >= 15 is 0 Å². The van der Waals surface area contributed by atoms with Crippen LogP contribution in [0.5, 0.6) is 5.75 Å². The van der Waals surface area contributed by atoms with Gasteiger partial charge in [-0.1, -0.05) is 0 Å². The molecule has 2 aromatic rings. The Kier molecular flexibility index (Phi) is 6.60. The maximum atomic E-state index is 12.0. The quantitative estimate of drug-likeness (QED) is 0.762. The minimum Gasteiger partial charge on any atom is -0.484 e. The fourth-order valence-electron chi connectivity index (χ4n) is 2.64. The van der Waals surface area contributed by atoms with Gasteiger partial charge in [-0.25, -0.2) is 0 Å². The third-order valence-corrected chi connectivity index (χ3v) is 3.96. The van der Waals surface area contributed by atoms with Crippen LogP contribution in [0, 0.1) is 0 Å². The van der Waals surface area contributed by atoms with Gasteiger partial charge in [0.2, 0.25) is 5.91 Å². The van der Waals surface area contributed by atoms with Gasteiger partial charge in [0.25, 0.3) is 5.91 Å². The largest absolute Gasteiger partial charge is 0.484 e. The molecule has 0 spiro atoms. The van der Waals surface area contributed by atoms with E-state index in [1.807, 2.05) is 24.3 Å². The van der Waals surface area contributed by atoms with Gasteiger partial charge in [-0.2, -0.15) is 0 Å². The highest BCUT2D eigenvalue weighted by atomic mass is 16.5. The predicted molar refractivity (Wildman–Crippen MR) is 104 cm³/mol. The Morgan fingerprint density at radius 1 is 1.08 bits per heavy atom. The van der Waals surface area contributed by atoms with Crippen LogP contribution in [0.3, 0.4) is 0 Å². The number of primary amides is 1. The number of ether oxygens (including phenoxy) is 1. The number of nitrogens with one attached hydrogen (secondary N) is 1. The average Bonchev–Trinajstić information content (AvgIpc) is 2.62. The van der Waals surface area contributed by atoms with Crippen LogP contribution in [0.4, 0.5) is 11.4 Å². The minimum atomic E-state index is -0.503. The van der Waals surface area contributed by atoms with Gasteiger partial charge in [0.1, 0.15) is 5.75 Å². The monoisotopic (exact) mass is 355 g/mol. The molecule has 0 aromatic heterocycles. The molecule has 3 N–H and O–H groups in total. The SMILES string of the molecule is CCN(c1ccc(NC(=O)COc2ccc(C(N)=O)cc2)cc1)C(C)C. The van der Waals surface area contributed by atoms with Crippen LogP contribution in [0.25, 0.3) is 0 Å². The molecule has 0 aliphatic heterocycles. The lowest BCUT2D eigenvalue weighted by atomic mass is 10.2. The third-order valence-electron chi connectivity index (χ3n) is 3.96. The molecule has 2 aromatic carbocycles. The number of amides is 2. The molecule has 6 heteroatoms. The van der Waals surface area contributed by atoms with Crippen molar-refractivity contribution in [3.05, 3.63) is 54.1 Å². The Balaban J connectivity index is 1.88. The van der Waals surface area contributed by atoms with Crippen molar-refractivity contribution in [3.8, 4) is 5.75 Å². The molecule has 26 heavy (non-hydrogen) atoms. The normalized spacial score (nSPS) is 10.5. The van der Waals surface area contributed by atoms with E-state index in [4.69, 9.17) is 10.5 Å². The zero-order valence-corrected chi connectivity index (χ0v) is 15.4. The summed E-state index contributed by atoms with van der Waals surface area (Å²) in [4.78, 5) is 25.3. The number of nitrogens with zero attached hydrogens (tertiary/aromatic N) is 1. The van der Waals surface area contributed by atoms with E-state index in [9.17, 15) is 9.59 Å². The number of carbonyl (C=O) groups is 2. The first-order valence-electron chi connectivity index (χ1n) is 8.60. The third kappa shape index (κ3) is 5.24. The molecule has 0 atom stereocenters. The molecule has 138 valence electrons. The van der Waals surface area contributed by atoms with Gasteiger partial charge in [0, 0.05) is 29.5 Å². The molecule has 2 rings (SSSR count). The van der Waals surface area contributed by atoms with E-state index in [-0.39, 0.29) is 12.5 Å². The van der Waals surface area contributed by atoms with Gasteiger partial charge in [0.05, 0.1) is 0 Å². The Morgan fingerprint density at radius 2 is 1.69 bits per heavy atom. The highest BCUT2D eigenvalue weighted by Crippen LogP contribution is 2.20. The first-order chi connectivity index (χ1) is 12.4. The summed E-state index contributed by atoms with van der Waals surface area (Å²) in [6, 6.07) is 14.5. The number of rotatable bonds is 8. The molecular weight excluding hydrogens is 330 g/mol. The van der Waals surface area contributed by atoms with Crippen molar-refractivity contribution in [1.82, 2.24) is 0 Å². The standard InChI is InChI=1S/C20H25N3O3/c1-4-23(14(2)3)17-9-7-16(8-10-17)22-19(24)13-26-18-11-5-15(6-12-18)20(21)25/h5-12,14H,4,13H2,1-3H3,(H2,21,25)(H,22,24). The lowest BCUT2D eigenvalue weighted by Gasteiger charge is -2.27. The zero-order chi connectivity index (χ0) is 19.1. The van der Waals surface area contributed by atoms with Crippen LogP contribution in [-0.4, -0.2) is 31.0 Å². The van der Waals surface area contributed by atoms with E-state index in [1.165, 1.54) is 0 Å². The maximum Gasteiger partial charge on any atom is 0.262 e. The van der Waals surface area contributed by atoms with Crippen molar-refractivity contribution < 1.29 is 14.3 Å². The Labute approximate surface area is 153 Å². The van der Waals surface area contributed by atoms with E-state index in [0.29, 0.717) is 23.0 Å². The van der Waals surface area contributed by atoms with Crippen LogP contribution in [0.1, 0.15) is 31.1 Å². The van der Waals surface area contributed by atoms with Gasteiger partial charge in [-0.05, 0) is 69.3 Å². The summed E-state index contributed by atoms with van der Waals surface area (Å²) < 4.78 is 5.41. The van der Waals surface area contributed by atoms with Crippen LogP contribution in [0.2, 0.25) is 0 Å². The highest BCUT2D eigenvalue weighted by molar-refractivity contribution is 5.93. The number of benzene rings is 2. The van der Waals surface area contributed by atoms with Crippen LogP contribution < -0.4 is 20.7 Å². The summed E-state index contributed by atoms with van der Waals surface area (Å²) in [5.74, 6) is -0.263. The Bertz CT molecular complexity index is 740. The number of carbonyl (C=O) groups excluding carboxylic acids is 2. The van der Waals surface area contributed by atoms with Gasteiger partial charge in [-0.3, -0.25) is 9.59 Å². The molecule has 0 aliphatic carbocycles. The number of anilines is 2. The van der Waals surface area contributed by atoms with Crippen LogP contribution >= 0.6 is 0 Å². The number of nitrogens with two attached hydrogens (primary N) is 1. The molecule has 6 nitrogen and oxygen atoms in total. The first-order valence-corrected chi connectivity index (χ1v) is 8.60. The van der Waals surface area contributed by atoms with E-state index < -0.39 is 5.91 Å². The van der Waals surface area contributed by atoms with Crippen molar-refractivity contribution in [3.63, 3.8) is 0 Å². The minimum absolute atomic E-state index is 0.120. The summed E-state index contributed by atoms with van der Waals surface area (Å²) in [6.07, 6.45) is 0. The van der Waals surface area contributed by atoms with Crippen LogP contribution in [0.15, 0.2) is 48.5 Å². The van der Waals surface area contributed by atoms with E-state index in [2.05, 4.69) is 31.0 Å². The second-order valence-electron chi connectivity index (χ2n) is 6.15. The fourth-order valence-corrected chi connectivity index (χ4v) is 2.64. The Hall–Kier alpha value is -3.02. The molecule has 0 heterocycles. The molecule has 2 amide bonds. The molecule has 0 unspecified atom stereocenters. The van der Waals surface area contributed by atoms with E-state index in [0.717, 1.165) is 12.2 Å². The molecule has 0 saturated heterocycles. The summed E-state index contributed by atoms with van der Waals surface area (Å²) in [5, 5.41) is 2.80. The summed E-state index contributed by atoms with van der Waals surface area (Å²) >= 11 is 0. The van der Waals surface area contributed by atoms with Crippen molar-refractivity contribution >= 4 is 23.2 Å². The van der Waals surface area contributed by atoms with E-state index in [1.54, 1.807) is 24.3 Å². The number of hydrogen-bond donors (Lipinski definition) is 2. The molecule has 0 fully saturated rings. The van der Waals surface area contributed by atoms with Crippen molar-refractivity contribution in [2.24, 2.45) is 5.73 Å². The van der Waals surface area contributed by atoms with Gasteiger partial charge < -0.3 is 20.7 Å². The topological polar surface area (TPSA) is 84.7 Å². The smallest absolute Gasteiger partial charge is 0.262 e. The molecule has 0 radical (unpaired) electrons. The second kappa shape index (κ2) is 8.89. The fraction of sp³-hybridized carbons (Fsp3) is 0.300. The summed E-state index contributed by atoms with van der Waals surface area (Å²) in [7, 11) is 0. The zero-order valence-electron chi connectivity index (χ0n) is 15.4. The highest BCUT2D eigenvalue weighted by Gasteiger charge is 2.09. The Morgan fingerprint density at radius 3 is 2.19 bits per heavy atom. The van der Waals surface area contributed by atoms with Gasteiger partial charge >= 0.3 is 0 Å². The lowest BCUT2D eigenvalue weighted by Crippen LogP contribution is -2.30. The summed E-state index contributed by atoms with van der Waals surface area (Å²) in [6.45, 7) is 7.21. The number of hydrogen-bond acceptors (Lipinski definition) is 4. The van der Waals surface area contributed by atoms with Gasteiger partial charge in [0.15, 0.2) is 6.61 Å². The molecular formula is C20H25N3O3. The average molecular weight is 355 g/mol. The maximum absolute atomic E-state index is 12.0. The molecule has 0 aliphatic rings. The van der Waals surface area contributed by atoms with Crippen molar-refractivity contribution in [2.75, 3.05) is 23.4 Å².